The maximum Gasteiger partial charge on any atom is 0.0411 e. The Hall–Kier alpha value is 0.240. The van der Waals surface area contributed by atoms with E-state index in [1.807, 2.05) is 12.1 Å². The van der Waals surface area contributed by atoms with Crippen molar-refractivity contribution in [1.29, 1.82) is 0 Å². The SMILES string of the molecule is Cc1cc(Cl)cc(CI)c1. The molecule has 0 amide bonds. The molecule has 0 aliphatic heterocycles. The number of hydrogen-bond acceptors (Lipinski definition) is 0. The van der Waals surface area contributed by atoms with Crippen molar-refractivity contribution in [2.24, 2.45) is 0 Å². The molecule has 10 heavy (non-hydrogen) atoms. The highest BCUT2D eigenvalue weighted by molar-refractivity contribution is 14.1. The van der Waals surface area contributed by atoms with Crippen LogP contribution in [0, 0.1) is 6.92 Å². The van der Waals surface area contributed by atoms with E-state index in [2.05, 4.69) is 35.6 Å². The van der Waals surface area contributed by atoms with E-state index in [1.54, 1.807) is 0 Å². The maximum absolute atomic E-state index is 5.83. The van der Waals surface area contributed by atoms with E-state index < -0.39 is 0 Å². The third-order valence-electron chi connectivity index (χ3n) is 1.26. The quantitative estimate of drug-likeness (QED) is 0.538. The first kappa shape index (κ1) is 8.34. The summed E-state index contributed by atoms with van der Waals surface area (Å²) in [6.45, 7) is 2.06. The van der Waals surface area contributed by atoms with Gasteiger partial charge in [0.25, 0.3) is 0 Å². The summed E-state index contributed by atoms with van der Waals surface area (Å²) < 4.78 is 1.03. The second-order valence-electron chi connectivity index (χ2n) is 2.27. The molecule has 0 bridgehead atoms. The second kappa shape index (κ2) is 3.58. The molecule has 1 aromatic carbocycles. The van der Waals surface area contributed by atoms with Crippen LogP contribution in [0.4, 0.5) is 0 Å². The highest BCUT2D eigenvalue weighted by Gasteiger charge is 1.93. The molecule has 1 rings (SSSR count). The first-order chi connectivity index (χ1) is 4.72. The average molecular weight is 267 g/mol. The minimum Gasteiger partial charge on any atom is -0.0843 e. The Bertz CT molecular complexity index is 212. The van der Waals surface area contributed by atoms with Gasteiger partial charge in [-0.1, -0.05) is 40.3 Å². The summed E-state index contributed by atoms with van der Waals surface area (Å²) in [6.07, 6.45) is 0. The first-order valence-electron chi connectivity index (χ1n) is 3.04. The van der Waals surface area contributed by atoms with Gasteiger partial charge in [0, 0.05) is 9.45 Å². The van der Waals surface area contributed by atoms with E-state index in [0.717, 1.165) is 9.45 Å². The van der Waals surface area contributed by atoms with E-state index in [0.29, 0.717) is 0 Å². The molecular formula is C8H8ClI. The van der Waals surface area contributed by atoms with Crippen molar-refractivity contribution >= 4 is 34.2 Å². The summed E-state index contributed by atoms with van der Waals surface area (Å²) in [6, 6.07) is 6.12. The average Bonchev–Trinajstić information content (AvgIpc) is 1.85. The molecule has 0 aliphatic carbocycles. The number of hydrogen-bond donors (Lipinski definition) is 0. The molecule has 54 valence electrons. The van der Waals surface area contributed by atoms with Crippen LogP contribution >= 0.6 is 34.2 Å². The van der Waals surface area contributed by atoms with Crippen LogP contribution in [0.15, 0.2) is 18.2 Å². The van der Waals surface area contributed by atoms with Crippen LogP contribution in [-0.2, 0) is 4.43 Å². The summed E-state index contributed by atoms with van der Waals surface area (Å²) in [5.41, 5.74) is 2.53. The summed E-state index contributed by atoms with van der Waals surface area (Å²) in [5, 5.41) is 0.840. The summed E-state index contributed by atoms with van der Waals surface area (Å²) in [4.78, 5) is 0. The molecule has 1 aromatic rings. The molecule has 0 saturated carbocycles. The molecule has 0 unspecified atom stereocenters. The third kappa shape index (κ3) is 2.13. The van der Waals surface area contributed by atoms with Gasteiger partial charge in [-0.05, 0) is 30.2 Å². The molecule has 0 N–H and O–H groups in total. The number of benzene rings is 1. The van der Waals surface area contributed by atoms with Crippen LogP contribution in [0.2, 0.25) is 5.02 Å². The van der Waals surface area contributed by atoms with Gasteiger partial charge in [0.2, 0.25) is 0 Å². The van der Waals surface area contributed by atoms with Crippen molar-refractivity contribution in [2.45, 2.75) is 11.4 Å². The van der Waals surface area contributed by atoms with Gasteiger partial charge < -0.3 is 0 Å². The van der Waals surface area contributed by atoms with Crippen molar-refractivity contribution in [1.82, 2.24) is 0 Å². The van der Waals surface area contributed by atoms with E-state index in [1.165, 1.54) is 11.1 Å². The van der Waals surface area contributed by atoms with Gasteiger partial charge in [-0.3, -0.25) is 0 Å². The van der Waals surface area contributed by atoms with Crippen molar-refractivity contribution in [3.05, 3.63) is 34.3 Å². The van der Waals surface area contributed by atoms with Gasteiger partial charge >= 0.3 is 0 Å². The van der Waals surface area contributed by atoms with Gasteiger partial charge in [0.05, 0.1) is 0 Å². The number of halogens is 2. The largest absolute Gasteiger partial charge is 0.0843 e. The van der Waals surface area contributed by atoms with Crippen LogP contribution in [0.1, 0.15) is 11.1 Å². The molecule has 0 aromatic heterocycles. The van der Waals surface area contributed by atoms with Gasteiger partial charge in [0.1, 0.15) is 0 Å². The molecule has 0 atom stereocenters. The van der Waals surface area contributed by atoms with Crippen molar-refractivity contribution < 1.29 is 0 Å². The van der Waals surface area contributed by atoms with Crippen molar-refractivity contribution in [3.8, 4) is 0 Å². The lowest BCUT2D eigenvalue weighted by Gasteiger charge is -1.98. The Balaban J connectivity index is 3.06. The molecule has 0 saturated heterocycles. The predicted octanol–water partition coefficient (Wildman–Crippen LogP) is 3.58. The van der Waals surface area contributed by atoms with Gasteiger partial charge in [-0.15, -0.1) is 0 Å². The molecule has 2 heteroatoms. The minimum atomic E-state index is 0.840. The molecule has 0 fully saturated rings. The normalized spacial score (nSPS) is 9.90. The number of alkyl halides is 1. The van der Waals surface area contributed by atoms with Crippen LogP contribution in [0.25, 0.3) is 0 Å². The van der Waals surface area contributed by atoms with E-state index >= 15 is 0 Å². The topological polar surface area (TPSA) is 0 Å². The molecule has 0 aliphatic rings. The van der Waals surface area contributed by atoms with E-state index in [9.17, 15) is 0 Å². The fraction of sp³-hybridized carbons (Fsp3) is 0.250. The van der Waals surface area contributed by atoms with Gasteiger partial charge in [0.15, 0.2) is 0 Å². The Labute approximate surface area is 79.7 Å². The zero-order chi connectivity index (χ0) is 7.56. The molecule has 0 nitrogen and oxygen atoms in total. The van der Waals surface area contributed by atoms with Crippen LogP contribution in [0.3, 0.4) is 0 Å². The van der Waals surface area contributed by atoms with Crippen LogP contribution in [-0.4, -0.2) is 0 Å². The van der Waals surface area contributed by atoms with Crippen molar-refractivity contribution in [2.75, 3.05) is 0 Å². The Morgan fingerprint density at radius 3 is 2.60 bits per heavy atom. The minimum absolute atomic E-state index is 0.840. The fourth-order valence-corrected chi connectivity index (χ4v) is 1.64. The maximum atomic E-state index is 5.83. The fourth-order valence-electron chi connectivity index (χ4n) is 0.889. The van der Waals surface area contributed by atoms with E-state index in [-0.39, 0.29) is 0 Å². The molecule has 0 heterocycles. The molecule has 0 spiro atoms. The smallest absolute Gasteiger partial charge is 0.0411 e. The highest BCUT2D eigenvalue weighted by Crippen LogP contribution is 2.16. The lowest BCUT2D eigenvalue weighted by molar-refractivity contribution is 1.38. The molecule has 0 radical (unpaired) electrons. The Morgan fingerprint density at radius 1 is 1.40 bits per heavy atom. The molecular weight excluding hydrogens is 258 g/mol. The number of aryl methyl sites for hydroxylation is 1. The second-order valence-corrected chi connectivity index (χ2v) is 3.47. The highest BCUT2D eigenvalue weighted by atomic mass is 127. The monoisotopic (exact) mass is 266 g/mol. The summed E-state index contributed by atoms with van der Waals surface area (Å²) in [5.74, 6) is 0. The van der Waals surface area contributed by atoms with Gasteiger partial charge in [-0.2, -0.15) is 0 Å². The van der Waals surface area contributed by atoms with Crippen LogP contribution in [0.5, 0.6) is 0 Å². The first-order valence-corrected chi connectivity index (χ1v) is 4.95. The van der Waals surface area contributed by atoms with Gasteiger partial charge in [-0.25, -0.2) is 0 Å². The Morgan fingerprint density at radius 2 is 2.10 bits per heavy atom. The number of rotatable bonds is 1. The zero-order valence-corrected chi connectivity index (χ0v) is 8.61. The lowest BCUT2D eigenvalue weighted by Crippen LogP contribution is -1.79. The zero-order valence-electron chi connectivity index (χ0n) is 5.70. The van der Waals surface area contributed by atoms with Crippen molar-refractivity contribution in [3.63, 3.8) is 0 Å². The third-order valence-corrected chi connectivity index (χ3v) is 2.36. The standard InChI is InChI=1S/C8H8ClI/c1-6-2-7(5-10)4-8(9)3-6/h2-4H,5H2,1H3. The van der Waals surface area contributed by atoms with E-state index in [4.69, 9.17) is 11.6 Å². The lowest BCUT2D eigenvalue weighted by atomic mass is 10.2. The summed E-state index contributed by atoms with van der Waals surface area (Å²) in [7, 11) is 0. The predicted molar refractivity (Wildman–Crippen MR) is 53.9 cm³/mol. The Kier molecular flexibility index (Phi) is 2.98. The van der Waals surface area contributed by atoms with Crippen LogP contribution < -0.4 is 0 Å². The summed E-state index contributed by atoms with van der Waals surface area (Å²) >= 11 is 8.15.